The van der Waals surface area contributed by atoms with Crippen LogP contribution in [0.2, 0.25) is 0 Å². The second kappa shape index (κ2) is 8.80. The van der Waals surface area contributed by atoms with E-state index in [1.165, 1.54) is 11.3 Å². The van der Waals surface area contributed by atoms with Crippen molar-refractivity contribution in [3.8, 4) is 0 Å². The van der Waals surface area contributed by atoms with Gasteiger partial charge in [-0.15, -0.1) is 0 Å². The summed E-state index contributed by atoms with van der Waals surface area (Å²) < 4.78 is 0. The topological polar surface area (TPSA) is 26.8 Å². The third-order valence-electron chi connectivity index (χ3n) is 5.61. The monoisotopic (exact) mass is 405 g/mol. The fourth-order valence-corrected chi connectivity index (χ4v) is 4.46. The van der Waals surface area contributed by atoms with Crippen molar-refractivity contribution in [2.75, 3.05) is 32.1 Å². The zero-order valence-electron chi connectivity index (χ0n) is 17.0. The summed E-state index contributed by atoms with van der Waals surface area (Å²) in [5.74, 6) is 0.131. The molecule has 0 spiro atoms. The number of hydrogen-bond donors (Lipinski definition) is 0. The molecule has 1 aliphatic rings. The molecule has 1 amide bonds. The van der Waals surface area contributed by atoms with E-state index in [1.807, 2.05) is 23.1 Å². The number of thiophene rings is 1. The van der Waals surface area contributed by atoms with Gasteiger partial charge in [-0.1, -0.05) is 30.3 Å². The Morgan fingerprint density at radius 2 is 1.79 bits per heavy atom. The van der Waals surface area contributed by atoms with Crippen LogP contribution in [0.1, 0.15) is 22.3 Å². The van der Waals surface area contributed by atoms with Crippen LogP contribution in [-0.4, -0.2) is 48.9 Å². The van der Waals surface area contributed by atoms with E-state index in [0.717, 1.165) is 37.3 Å². The molecule has 1 unspecified atom stereocenters. The molecular weight excluding hydrogens is 378 g/mol. The van der Waals surface area contributed by atoms with Gasteiger partial charge in [0.1, 0.15) is 0 Å². The molecule has 2 aromatic carbocycles. The number of rotatable bonds is 6. The van der Waals surface area contributed by atoms with E-state index in [2.05, 4.69) is 77.1 Å². The fourth-order valence-electron chi connectivity index (χ4n) is 3.82. The lowest BCUT2D eigenvalue weighted by atomic mass is 10.1. The Labute approximate surface area is 177 Å². The summed E-state index contributed by atoms with van der Waals surface area (Å²) in [5.41, 5.74) is 4.28. The highest BCUT2D eigenvalue weighted by molar-refractivity contribution is 7.08. The van der Waals surface area contributed by atoms with Gasteiger partial charge in [0, 0.05) is 42.3 Å². The molecule has 2 heterocycles. The van der Waals surface area contributed by atoms with Gasteiger partial charge in [-0.3, -0.25) is 4.79 Å². The van der Waals surface area contributed by atoms with Crippen molar-refractivity contribution in [2.24, 2.45) is 0 Å². The summed E-state index contributed by atoms with van der Waals surface area (Å²) in [5, 5.41) is 4.26. The van der Waals surface area contributed by atoms with Gasteiger partial charge >= 0.3 is 0 Å². The predicted molar refractivity (Wildman–Crippen MR) is 121 cm³/mol. The van der Waals surface area contributed by atoms with E-state index >= 15 is 0 Å². The van der Waals surface area contributed by atoms with Crippen molar-refractivity contribution in [3.05, 3.63) is 82.6 Å². The highest BCUT2D eigenvalue weighted by Gasteiger charge is 2.28. The zero-order chi connectivity index (χ0) is 20.2. The molecule has 0 bridgehead atoms. The molecule has 1 aliphatic heterocycles. The van der Waals surface area contributed by atoms with Gasteiger partial charge in [0.25, 0.3) is 5.91 Å². The Kier molecular flexibility index (Phi) is 5.97. The Morgan fingerprint density at radius 3 is 2.41 bits per heavy atom. The van der Waals surface area contributed by atoms with Crippen molar-refractivity contribution in [3.63, 3.8) is 0 Å². The first-order valence-electron chi connectivity index (χ1n) is 10.0. The minimum atomic E-state index is 0.131. The van der Waals surface area contributed by atoms with Gasteiger partial charge in [-0.05, 0) is 61.8 Å². The summed E-state index contributed by atoms with van der Waals surface area (Å²) in [6, 6.07) is 21.1. The quantitative estimate of drug-likeness (QED) is 0.586. The van der Waals surface area contributed by atoms with Crippen molar-refractivity contribution in [2.45, 2.75) is 19.0 Å². The van der Waals surface area contributed by atoms with E-state index in [9.17, 15) is 4.79 Å². The standard InChI is InChI=1S/C24H27N3OS/c1-25(2)22-12-14-26(17-22)24(28)20-8-10-21(11-9-20)27(23-13-15-29-18-23)16-19-6-4-3-5-7-19/h3-11,13,15,18,22H,12,14,16-17H2,1-2H3. The summed E-state index contributed by atoms with van der Waals surface area (Å²) in [7, 11) is 4.17. The van der Waals surface area contributed by atoms with Gasteiger partial charge in [0.05, 0.1) is 5.69 Å². The predicted octanol–water partition coefficient (Wildman–Crippen LogP) is 4.86. The van der Waals surface area contributed by atoms with Crippen molar-refractivity contribution in [1.82, 2.24) is 9.80 Å². The molecule has 150 valence electrons. The fraction of sp³-hybridized carbons (Fsp3) is 0.292. The van der Waals surface area contributed by atoms with Crippen LogP contribution in [0.5, 0.6) is 0 Å². The van der Waals surface area contributed by atoms with E-state index in [4.69, 9.17) is 0 Å². The maximum Gasteiger partial charge on any atom is 0.253 e. The second-order valence-electron chi connectivity index (χ2n) is 7.76. The number of benzene rings is 2. The van der Waals surface area contributed by atoms with E-state index in [0.29, 0.717) is 6.04 Å². The Balaban J connectivity index is 1.52. The lowest BCUT2D eigenvalue weighted by molar-refractivity contribution is 0.0783. The molecule has 1 atom stereocenters. The normalized spacial score (nSPS) is 16.4. The van der Waals surface area contributed by atoms with Gasteiger partial charge in [-0.2, -0.15) is 11.3 Å². The smallest absolute Gasteiger partial charge is 0.253 e. The first-order valence-corrected chi connectivity index (χ1v) is 11.0. The minimum Gasteiger partial charge on any atom is -0.337 e. The lowest BCUT2D eigenvalue weighted by Gasteiger charge is -2.25. The first kappa shape index (κ1) is 19.7. The van der Waals surface area contributed by atoms with Gasteiger partial charge in [0.15, 0.2) is 0 Å². The molecule has 1 aromatic heterocycles. The molecule has 0 N–H and O–H groups in total. The van der Waals surface area contributed by atoms with Crippen LogP contribution in [-0.2, 0) is 6.54 Å². The average Bonchev–Trinajstić information content (AvgIpc) is 3.45. The first-order chi connectivity index (χ1) is 14.1. The number of nitrogens with zero attached hydrogens (tertiary/aromatic N) is 3. The van der Waals surface area contributed by atoms with Crippen LogP contribution in [0.3, 0.4) is 0 Å². The third-order valence-corrected chi connectivity index (χ3v) is 6.28. The zero-order valence-corrected chi connectivity index (χ0v) is 17.8. The summed E-state index contributed by atoms with van der Waals surface area (Å²) in [4.78, 5) is 19.4. The van der Waals surface area contributed by atoms with Crippen molar-refractivity contribution >= 4 is 28.6 Å². The second-order valence-corrected chi connectivity index (χ2v) is 8.54. The van der Waals surface area contributed by atoms with Gasteiger partial charge < -0.3 is 14.7 Å². The number of likely N-dealkylation sites (tertiary alicyclic amines) is 1. The molecule has 5 heteroatoms. The number of carbonyl (C=O) groups is 1. The summed E-state index contributed by atoms with van der Waals surface area (Å²) in [6.45, 7) is 2.43. The van der Waals surface area contributed by atoms with E-state index in [-0.39, 0.29) is 5.91 Å². The highest BCUT2D eigenvalue weighted by Crippen LogP contribution is 2.30. The molecule has 3 aromatic rings. The van der Waals surface area contributed by atoms with E-state index < -0.39 is 0 Å². The minimum absolute atomic E-state index is 0.131. The summed E-state index contributed by atoms with van der Waals surface area (Å²) >= 11 is 1.69. The van der Waals surface area contributed by atoms with Crippen molar-refractivity contribution in [1.29, 1.82) is 0 Å². The van der Waals surface area contributed by atoms with Gasteiger partial charge in [0.2, 0.25) is 0 Å². The number of carbonyl (C=O) groups excluding carboxylic acids is 1. The van der Waals surface area contributed by atoms with Crippen LogP contribution in [0.15, 0.2) is 71.4 Å². The molecular formula is C24H27N3OS. The number of amides is 1. The molecule has 0 saturated carbocycles. The van der Waals surface area contributed by atoms with Crippen LogP contribution in [0.4, 0.5) is 11.4 Å². The molecule has 4 nitrogen and oxygen atoms in total. The molecule has 1 saturated heterocycles. The summed E-state index contributed by atoms with van der Waals surface area (Å²) in [6.07, 6.45) is 1.04. The third kappa shape index (κ3) is 4.52. The van der Waals surface area contributed by atoms with Crippen LogP contribution in [0.25, 0.3) is 0 Å². The number of hydrogen-bond acceptors (Lipinski definition) is 4. The average molecular weight is 406 g/mol. The number of likely N-dealkylation sites (N-methyl/N-ethyl adjacent to an activating group) is 1. The highest BCUT2D eigenvalue weighted by atomic mass is 32.1. The van der Waals surface area contributed by atoms with Crippen LogP contribution >= 0.6 is 11.3 Å². The molecule has 4 rings (SSSR count). The maximum absolute atomic E-state index is 12.9. The molecule has 29 heavy (non-hydrogen) atoms. The SMILES string of the molecule is CN(C)C1CCN(C(=O)c2ccc(N(Cc3ccccc3)c3ccsc3)cc2)C1. The largest absolute Gasteiger partial charge is 0.337 e. The Hall–Kier alpha value is -2.63. The Bertz CT molecular complexity index is 923. The van der Waals surface area contributed by atoms with Crippen molar-refractivity contribution < 1.29 is 4.79 Å². The number of anilines is 2. The maximum atomic E-state index is 12.9. The Morgan fingerprint density at radius 1 is 1.03 bits per heavy atom. The molecule has 0 radical (unpaired) electrons. The molecule has 1 fully saturated rings. The lowest BCUT2D eigenvalue weighted by Crippen LogP contribution is -2.34. The van der Waals surface area contributed by atoms with Crippen LogP contribution in [0, 0.1) is 0 Å². The van der Waals surface area contributed by atoms with Gasteiger partial charge in [-0.25, -0.2) is 0 Å². The molecule has 0 aliphatic carbocycles. The van der Waals surface area contributed by atoms with E-state index in [1.54, 1.807) is 11.3 Å². The van der Waals surface area contributed by atoms with Crippen LogP contribution < -0.4 is 4.90 Å².